The standard InChI is InChI=1S/C15H19NO3/c1-3-11-4-6-12(7-5-11)14(17)16-9-8-13(10-16)15(18)19-2/h4-7,13H,3,8-10H2,1-2H3. The minimum atomic E-state index is -0.225. The van der Waals surface area contributed by atoms with Crippen LogP contribution in [0, 0.1) is 5.92 Å². The third-order valence-electron chi connectivity index (χ3n) is 3.62. The van der Waals surface area contributed by atoms with Gasteiger partial charge in [-0.05, 0) is 30.5 Å². The first-order valence-corrected chi connectivity index (χ1v) is 6.61. The van der Waals surface area contributed by atoms with Gasteiger partial charge in [-0.15, -0.1) is 0 Å². The van der Waals surface area contributed by atoms with Gasteiger partial charge in [0.2, 0.25) is 0 Å². The van der Waals surface area contributed by atoms with E-state index >= 15 is 0 Å². The highest BCUT2D eigenvalue weighted by Crippen LogP contribution is 2.20. The number of rotatable bonds is 3. The third-order valence-corrected chi connectivity index (χ3v) is 3.62. The normalized spacial score (nSPS) is 18.4. The minimum absolute atomic E-state index is 0.00550. The Labute approximate surface area is 113 Å². The molecule has 1 saturated heterocycles. The van der Waals surface area contributed by atoms with E-state index < -0.39 is 0 Å². The molecule has 1 fully saturated rings. The third kappa shape index (κ3) is 2.95. The summed E-state index contributed by atoms with van der Waals surface area (Å²) in [6.45, 7) is 3.16. The van der Waals surface area contributed by atoms with Crippen LogP contribution in [0.2, 0.25) is 0 Å². The van der Waals surface area contributed by atoms with E-state index in [1.165, 1.54) is 12.7 Å². The van der Waals surface area contributed by atoms with E-state index in [0.717, 1.165) is 6.42 Å². The average molecular weight is 261 g/mol. The molecule has 0 saturated carbocycles. The van der Waals surface area contributed by atoms with Gasteiger partial charge in [0.15, 0.2) is 0 Å². The molecule has 1 aliphatic rings. The molecule has 1 heterocycles. The Hall–Kier alpha value is -1.84. The number of benzene rings is 1. The summed E-state index contributed by atoms with van der Waals surface area (Å²) < 4.78 is 4.72. The predicted molar refractivity (Wildman–Crippen MR) is 71.8 cm³/mol. The number of carbonyl (C=O) groups is 2. The number of amides is 1. The lowest BCUT2D eigenvalue weighted by Crippen LogP contribution is -2.30. The van der Waals surface area contributed by atoms with Crippen molar-refractivity contribution in [1.82, 2.24) is 4.90 Å². The lowest BCUT2D eigenvalue weighted by atomic mass is 10.1. The summed E-state index contributed by atoms with van der Waals surface area (Å²) in [5.74, 6) is -0.408. The van der Waals surface area contributed by atoms with Gasteiger partial charge in [0, 0.05) is 18.7 Å². The maximum absolute atomic E-state index is 12.3. The van der Waals surface area contributed by atoms with Gasteiger partial charge in [0.05, 0.1) is 13.0 Å². The van der Waals surface area contributed by atoms with Crippen LogP contribution in [0.5, 0.6) is 0 Å². The van der Waals surface area contributed by atoms with Gasteiger partial charge in [-0.1, -0.05) is 19.1 Å². The molecule has 19 heavy (non-hydrogen) atoms. The van der Waals surface area contributed by atoms with E-state index in [9.17, 15) is 9.59 Å². The number of methoxy groups -OCH3 is 1. The molecule has 0 bridgehead atoms. The van der Waals surface area contributed by atoms with Crippen molar-refractivity contribution in [3.63, 3.8) is 0 Å². The molecule has 1 aliphatic heterocycles. The summed E-state index contributed by atoms with van der Waals surface area (Å²) in [4.78, 5) is 25.4. The zero-order chi connectivity index (χ0) is 13.8. The molecular formula is C15H19NO3. The molecule has 0 aromatic heterocycles. The molecule has 0 spiro atoms. The van der Waals surface area contributed by atoms with E-state index in [0.29, 0.717) is 25.1 Å². The van der Waals surface area contributed by atoms with Crippen LogP contribution in [-0.4, -0.2) is 37.0 Å². The molecule has 102 valence electrons. The van der Waals surface area contributed by atoms with Crippen LogP contribution in [-0.2, 0) is 16.0 Å². The molecule has 1 aromatic carbocycles. The highest BCUT2D eigenvalue weighted by molar-refractivity contribution is 5.94. The molecule has 1 unspecified atom stereocenters. The highest BCUT2D eigenvalue weighted by Gasteiger charge is 2.31. The van der Waals surface area contributed by atoms with Gasteiger partial charge in [-0.2, -0.15) is 0 Å². The average Bonchev–Trinajstić information content (AvgIpc) is 2.95. The number of ether oxygens (including phenoxy) is 1. The molecule has 0 N–H and O–H groups in total. The molecule has 1 aromatic rings. The summed E-state index contributed by atoms with van der Waals surface area (Å²) in [6, 6.07) is 7.65. The fourth-order valence-electron chi connectivity index (χ4n) is 2.37. The van der Waals surface area contributed by atoms with Crippen LogP contribution in [0.15, 0.2) is 24.3 Å². The molecule has 4 nitrogen and oxygen atoms in total. The van der Waals surface area contributed by atoms with Gasteiger partial charge in [-0.3, -0.25) is 9.59 Å². The SMILES string of the molecule is CCc1ccc(C(=O)N2CCC(C(=O)OC)C2)cc1. The Kier molecular flexibility index (Phi) is 4.20. The van der Waals surface area contributed by atoms with Crippen molar-refractivity contribution >= 4 is 11.9 Å². The van der Waals surface area contributed by atoms with Crippen molar-refractivity contribution in [2.75, 3.05) is 20.2 Å². The first-order chi connectivity index (χ1) is 9.15. The Morgan fingerprint density at radius 3 is 2.58 bits per heavy atom. The number of carbonyl (C=O) groups excluding carboxylic acids is 2. The zero-order valence-corrected chi connectivity index (χ0v) is 11.4. The first-order valence-electron chi connectivity index (χ1n) is 6.61. The van der Waals surface area contributed by atoms with Crippen LogP contribution >= 0.6 is 0 Å². The quantitative estimate of drug-likeness (QED) is 0.780. The molecule has 2 rings (SSSR count). The number of hydrogen-bond acceptors (Lipinski definition) is 3. The molecule has 1 atom stereocenters. The van der Waals surface area contributed by atoms with Gasteiger partial charge in [0.1, 0.15) is 0 Å². The van der Waals surface area contributed by atoms with Gasteiger partial charge in [0.25, 0.3) is 5.91 Å². The maximum atomic E-state index is 12.3. The summed E-state index contributed by atoms with van der Waals surface area (Å²) in [5, 5.41) is 0. The monoisotopic (exact) mass is 261 g/mol. The Morgan fingerprint density at radius 1 is 1.32 bits per heavy atom. The minimum Gasteiger partial charge on any atom is -0.469 e. The smallest absolute Gasteiger partial charge is 0.310 e. The van der Waals surface area contributed by atoms with E-state index in [1.54, 1.807) is 4.90 Å². The molecule has 0 aliphatic carbocycles. The number of nitrogens with zero attached hydrogens (tertiary/aromatic N) is 1. The Bertz CT molecular complexity index is 467. The Morgan fingerprint density at radius 2 is 2.00 bits per heavy atom. The zero-order valence-electron chi connectivity index (χ0n) is 11.4. The second-order valence-electron chi connectivity index (χ2n) is 4.81. The van der Waals surface area contributed by atoms with E-state index in [-0.39, 0.29) is 17.8 Å². The fraction of sp³-hybridized carbons (Fsp3) is 0.467. The van der Waals surface area contributed by atoms with Crippen LogP contribution in [0.25, 0.3) is 0 Å². The van der Waals surface area contributed by atoms with Crippen molar-refractivity contribution in [1.29, 1.82) is 0 Å². The van der Waals surface area contributed by atoms with Crippen molar-refractivity contribution in [3.8, 4) is 0 Å². The van der Waals surface area contributed by atoms with Crippen molar-refractivity contribution in [2.24, 2.45) is 5.92 Å². The summed E-state index contributed by atoms with van der Waals surface area (Å²) in [5.41, 5.74) is 1.90. The molecular weight excluding hydrogens is 242 g/mol. The van der Waals surface area contributed by atoms with Crippen molar-refractivity contribution < 1.29 is 14.3 Å². The van der Waals surface area contributed by atoms with Gasteiger partial charge < -0.3 is 9.64 Å². The van der Waals surface area contributed by atoms with Crippen LogP contribution < -0.4 is 0 Å². The molecule has 0 radical (unpaired) electrons. The highest BCUT2D eigenvalue weighted by atomic mass is 16.5. The van der Waals surface area contributed by atoms with Gasteiger partial charge >= 0.3 is 5.97 Å². The van der Waals surface area contributed by atoms with E-state index in [2.05, 4.69) is 6.92 Å². The second kappa shape index (κ2) is 5.87. The maximum Gasteiger partial charge on any atom is 0.310 e. The summed E-state index contributed by atoms with van der Waals surface area (Å²) in [7, 11) is 1.39. The lowest BCUT2D eigenvalue weighted by Gasteiger charge is -2.16. The first kappa shape index (κ1) is 13.6. The topological polar surface area (TPSA) is 46.6 Å². The van der Waals surface area contributed by atoms with Crippen LogP contribution in [0.3, 0.4) is 0 Å². The Balaban J connectivity index is 2.02. The van der Waals surface area contributed by atoms with Crippen molar-refractivity contribution in [3.05, 3.63) is 35.4 Å². The number of aryl methyl sites for hydroxylation is 1. The summed E-state index contributed by atoms with van der Waals surface area (Å²) >= 11 is 0. The van der Waals surface area contributed by atoms with E-state index in [1.807, 2.05) is 24.3 Å². The second-order valence-corrected chi connectivity index (χ2v) is 4.81. The van der Waals surface area contributed by atoms with Crippen molar-refractivity contribution in [2.45, 2.75) is 19.8 Å². The fourth-order valence-corrected chi connectivity index (χ4v) is 2.37. The van der Waals surface area contributed by atoms with E-state index in [4.69, 9.17) is 4.74 Å². The van der Waals surface area contributed by atoms with Crippen LogP contribution in [0.1, 0.15) is 29.3 Å². The largest absolute Gasteiger partial charge is 0.469 e. The number of hydrogen-bond donors (Lipinski definition) is 0. The molecule has 1 amide bonds. The summed E-state index contributed by atoms with van der Waals surface area (Å²) in [6.07, 6.45) is 1.65. The number of likely N-dealkylation sites (tertiary alicyclic amines) is 1. The number of esters is 1. The predicted octanol–water partition coefficient (Wildman–Crippen LogP) is 1.88. The van der Waals surface area contributed by atoms with Crippen LogP contribution in [0.4, 0.5) is 0 Å². The van der Waals surface area contributed by atoms with Gasteiger partial charge in [-0.25, -0.2) is 0 Å². The molecule has 4 heteroatoms. The lowest BCUT2D eigenvalue weighted by molar-refractivity contribution is -0.144.